The monoisotopic (exact) mass is 346 g/mol. The molecule has 0 bridgehead atoms. The topological polar surface area (TPSA) is 84.2 Å². The molecule has 0 spiro atoms. The van der Waals surface area contributed by atoms with Gasteiger partial charge in [-0.25, -0.2) is 14.5 Å². The molecule has 4 rings (SSSR count). The second-order valence-corrected chi connectivity index (χ2v) is 5.92. The number of aryl methyl sites for hydroxylation is 1. The number of nitrogens with zero attached hydrogens (tertiary/aromatic N) is 4. The van der Waals surface area contributed by atoms with Gasteiger partial charge in [0.15, 0.2) is 5.65 Å². The number of hydrogen-bond acceptors (Lipinski definition) is 5. The molecule has 26 heavy (non-hydrogen) atoms. The third-order valence-electron chi connectivity index (χ3n) is 4.11. The maximum Gasteiger partial charge on any atom is 0.257 e. The van der Waals surface area contributed by atoms with Crippen LogP contribution in [0.1, 0.15) is 16.1 Å². The molecule has 2 N–H and O–H groups in total. The molecule has 0 radical (unpaired) electrons. The summed E-state index contributed by atoms with van der Waals surface area (Å²) in [6.07, 6.45) is 3.43. The minimum absolute atomic E-state index is 0.176. The van der Waals surface area contributed by atoms with Gasteiger partial charge in [-0.1, -0.05) is 18.2 Å². The maximum absolute atomic E-state index is 12.5. The van der Waals surface area contributed by atoms with E-state index in [4.69, 9.17) is 0 Å². The Morgan fingerprint density at radius 3 is 2.92 bits per heavy atom. The predicted molar refractivity (Wildman–Crippen MR) is 100 cm³/mol. The molecule has 130 valence electrons. The Bertz CT molecular complexity index is 1090. The predicted octanol–water partition coefficient (Wildman–Crippen LogP) is 2.43. The van der Waals surface area contributed by atoms with Gasteiger partial charge < -0.3 is 10.6 Å². The van der Waals surface area contributed by atoms with Gasteiger partial charge in [0.2, 0.25) is 0 Å². The highest BCUT2D eigenvalue weighted by molar-refractivity contribution is 6.00. The van der Waals surface area contributed by atoms with Gasteiger partial charge in [0.1, 0.15) is 11.4 Å². The zero-order chi connectivity index (χ0) is 17.9. The van der Waals surface area contributed by atoms with E-state index >= 15 is 0 Å². The number of anilines is 1. The SMILES string of the molecule is Cc1nn2cccnc2c1C(=O)NCCNc1ccc2ccccc2n1. The molecule has 1 amide bonds. The zero-order valence-electron chi connectivity index (χ0n) is 14.3. The van der Waals surface area contributed by atoms with Crippen molar-refractivity contribution in [1.82, 2.24) is 24.9 Å². The van der Waals surface area contributed by atoms with Gasteiger partial charge in [0, 0.05) is 30.9 Å². The largest absolute Gasteiger partial charge is 0.368 e. The minimum atomic E-state index is -0.176. The number of fused-ring (bicyclic) bond motifs is 2. The lowest BCUT2D eigenvalue weighted by atomic mass is 10.2. The van der Waals surface area contributed by atoms with Crippen LogP contribution in [0.4, 0.5) is 5.82 Å². The fourth-order valence-corrected chi connectivity index (χ4v) is 2.88. The molecule has 3 heterocycles. The van der Waals surface area contributed by atoms with E-state index in [-0.39, 0.29) is 5.91 Å². The number of amides is 1. The average Bonchev–Trinajstić information content (AvgIpc) is 3.00. The number of benzene rings is 1. The Balaban J connectivity index is 1.38. The first kappa shape index (κ1) is 16.0. The summed E-state index contributed by atoms with van der Waals surface area (Å²) in [6, 6.07) is 13.7. The highest BCUT2D eigenvalue weighted by Crippen LogP contribution is 2.14. The van der Waals surface area contributed by atoms with E-state index in [9.17, 15) is 4.79 Å². The van der Waals surface area contributed by atoms with Gasteiger partial charge in [0.25, 0.3) is 5.91 Å². The summed E-state index contributed by atoms with van der Waals surface area (Å²) in [5, 5.41) is 11.5. The number of carbonyl (C=O) groups excluding carboxylic acids is 1. The molecule has 0 atom stereocenters. The first-order valence-electron chi connectivity index (χ1n) is 8.40. The van der Waals surface area contributed by atoms with Crippen molar-refractivity contribution in [2.24, 2.45) is 0 Å². The lowest BCUT2D eigenvalue weighted by Gasteiger charge is -2.08. The van der Waals surface area contributed by atoms with Gasteiger partial charge in [-0.2, -0.15) is 5.10 Å². The molecule has 7 nitrogen and oxygen atoms in total. The summed E-state index contributed by atoms with van der Waals surface area (Å²) in [7, 11) is 0. The molecule has 0 unspecified atom stereocenters. The van der Waals surface area contributed by atoms with Crippen LogP contribution in [0.15, 0.2) is 54.9 Å². The first-order chi connectivity index (χ1) is 12.7. The van der Waals surface area contributed by atoms with Crippen molar-refractivity contribution in [1.29, 1.82) is 0 Å². The Hall–Kier alpha value is -3.48. The summed E-state index contributed by atoms with van der Waals surface area (Å²) in [5.41, 5.74) is 2.67. The van der Waals surface area contributed by atoms with E-state index in [1.165, 1.54) is 0 Å². The van der Waals surface area contributed by atoms with Gasteiger partial charge >= 0.3 is 0 Å². The van der Waals surface area contributed by atoms with Gasteiger partial charge in [-0.15, -0.1) is 0 Å². The highest BCUT2D eigenvalue weighted by Gasteiger charge is 2.17. The van der Waals surface area contributed by atoms with Crippen LogP contribution in [0.25, 0.3) is 16.6 Å². The second-order valence-electron chi connectivity index (χ2n) is 5.92. The van der Waals surface area contributed by atoms with E-state index in [0.717, 1.165) is 16.7 Å². The summed E-state index contributed by atoms with van der Waals surface area (Å²) >= 11 is 0. The normalized spacial score (nSPS) is 11.0. The van der Waals surface area contributed by atoms with E-state index in [0.29, 0.717) is 30.0 Å². The highest BCUT2D eigenvalue weighted by atomic mass is 16.1. The second kappa shape index (κ2) is 6.79. The van der Waals surface area contributed by atoms with E-state index in [2.05, 4.69) is 25.7 Å². The van der Waals surface area contributed by atoms with Gasteiger partial charge in [-0.05, 0) is 31.2 Å². The lowest BCUT2D eigenvalue weighted by Crippen LogP contribution is -2.29. The number of hydrogen-bond donors (Lipinski definition) is 2. The van der Waals surface area contributed by atoms with Crippen molar-refractivity contribution in [3.05, 3.63) is 66.1 Å². The molecule has 0 saturated heterocycles. The van der Waals surface area contributed by atoms with Crippen molar-refractivity contribution in [2.75, 3.05) is 18.4 Å². The number of nitrogens with one attached hydrogen (secondary N) is 2. The summed E-state index contributed by atoms with van der Waals surface area (Å²) in [6.45, 7) is 2.85. The first-order valence-corrected chi connectivity index (χ1v) is 8.40. The molecule has 0 fully saturated rings. The van der Waals surface area contributed by atoms with Crippen molar-refractivity contribution < 1.29 is 4.79 Å². The van der Waals surface area contributed by atoms with Crippen LogP contribution in [0.2, 0.25) is 0 Å². The third-order valence-corrected chi connectivity index (χ3v) is 4.11. The zero-order valence-corrected chi connectivity index (χ0v) is 14.3. The number of aromatic nitrogens is 4. The molecule has 1 aromatic carbocycles. The van der Waals surface area contributed by atoms with Gasteiger partial charge in [-0.3, -0.25) is 4.79 Å². The van der Waals surface area contributed by atoms with Crippen molar-refractivity contribution in [2.45, 2.75) is 6.92 Å². The quantitative estimate of drug-likeness (QED) is 0.542. The minimum Gasteiger partial charge on any atom is -0.368 e. The number of pyridine rings is 1. The van der Waals surface area contributed by atoms with Crippen LogP contribution in [-0.4, -0.2) is 38.6 Å². The van der Waals surface area contributed by atoms with Gasteiger partial charge in [0.05, 0.1) is 11.2 Å². The maximum atomic E-state index is 12.5. The molecule has 7 heteroatoms. The lowest BCUT2D eigenvalue weighted by molar-refractivity contribution is 0.0956. The van der Waals surface area contributed by atoms with Crippen LogP contribution >= 0.6 is 0 Å². The Kier molecular flexibility index (Phi) is 4.18. The fraction of sp³-hybridized carbons (Fsp3) is 0.158. The number of para-hydroxylation sites is 1. The van der Waals surface area contributed by atoms with E-state index in [1.807, 2.05) is 36.4 Å². The summed E-state index contributed by atoms with van der Waals surface area (Å²) < 4.78 is 1.61. The third kappa shape index (κ3) is 3.06. The van der Waals surface area contributed by atoms with Crippen molar-refractivity contribution in [3.8, 4) is 0 Å². The van der Waals surface area contributed by atoms with E-state index < -0.39 is 0 Å². The Labute approximate surface area is 150 Å². The molecule has 0 aliphatic carbocycles. The average molecular weight is 346 g/mol. The molecule has 0 aliphatic heterocycles. The van der Waals surface area contributed by atoms with Crippen LogP contribution in [0, 0.1) is 6.92 Å². The molecular weight excluding hydrogens is 328 g/mol. The van der Waals surface area contributed by atoms with Crippen LogP contribution in [0.3, 0.4) is 0 Å². The molecule has 3 aromatic heterocycles. The van der Waals surface area contributed by atoms with E-state index in [1.54, 1.807) is 29.9 Å². The van der Waals surface area contributed by atoms with Crippen LogP contribution < -0.4 is 10.6 Å². The number of rotatable bonds is 5. The van der Waals surface area contributed by atoms with Crippen molar-refractivity contribution in [3.63, 3.8) is 0 Å². The summed E-state index contributed by atoms with van der Waals surface area (Å²) in [5.74, 6) is 0.608. The fourth-order valence-electron chi connectivity index (χ4n) is 2.88. The molecule has 4 aromatic rings. The Morgan fingerprint density at radius 1 is 1.12 bits per heavy atom. The molecule has 0 aliphatic rings. The summed E-state index contributed by atoms with van der Waals surface area (Å²) in [4.78, 5) is 21.3. The smallest absolute Gasteiger partial charge is 0.257 e. The van der Waals surface area contributed by atoms with Crippen LogP contribution in [-0.2, 0) is 0 Å². The molecular formula is C19H18N6O. The molecule has 0 saturated carbocycles. The standard InChI is InChI=1S/C19H18N6O/c1-13-17(18-21-9-4-12-25(18)24-13)19(26)22-11-10-20-16-8-7-14-5-2-3-6-15(14)23-16/h2-9,12H,10-11H2,1H3,(H,20,23)(H,22,26). The van der Waals surface area contributed by atoms with Crippen LogP contribution in [0.5, 0.6) is 0 Å². The number of carbonyl (C=O) groups is 1. The van der Waals surface area contributed by atoms with Crippen molar-refractivity contribution >= 4 is 28.3 Å². The Morgan fingerprint density at radius 2 is 2.00 bits per heavy atom.